The number of hydrogen-bond donors (Lipinski definition) is 2. The molecule has 2 aromatic rings. The first kappa shape index (κ1) is 20.7. The number of carboxylic acid groups (broad SMARTS) is 1. The molecule has 142 valence electrons. The molecule has 1 heterocycles. The van der Waals surface area contributed by atoms with Crippen molar-refractivity contribution < 1.29 is 19.4 Å². The van der Waals surface area contributed by atoms with Gasteiger partial charge in [-0.1, -0.05) is 49.1 Å². The lowest BCUT2D eigenvalue weighted by Crippen LogP contribution is -2.36. The van der Waals surface area contributed by atoms with Crippen LogP contribution in [0.25, 0.3) is 0 Å². The first-order valence-corrected chi connectivity index (χ1v) is 9.58. The van der Waals surface area contributed by atoms with Crippen molar-refractivity contribution in [1.82, 2.24) is 0 Å². The summed E-state index contributed by atoms with van der Waals surface area (Å²) in [7, 11) is 0. The van der Waals surface area contributed by atoms with Gasteiger partial charge >= 0.3 is 11.9 Å². The van der Waals surface area contributed by atoms with Crippen molar-refractivity contribution in [3.8, 4) is 11.8 Å². The quantitative estimate of drug-likeness (QED) is 0.331. The van der Waals surface area contributed by atoms with Gasteiger partial charge in [0.15, 0.2) is 6.23 Å². The van der Waals surface area contributed by atoms with Crippen molar-refractivity contribution >= 4 is 23.3 Å². The summed E-state index contributed by atoms with van der Waals surface area (Å²) in [5, 5.41) is 8.54. The molecule has 3 N–H and O–H groups in total. The van der Waals surface area contributed by atoms with E-state index in [4.69, 9.17) is 10.8 Å². The molecule has 27 heavy (non-hydrogen) atoms. The first-order chi connectivity index (χ1) is 13.0. The standard InChI is InChI=1S/C21H23NO4S/c1-15(19(22)26-21(25)20(23)24)11-12-18-14-13-17(27-18)10-6-5-9-16-7-3-2-4-8-16/h2-4,7-8,13-15,19H,5,9,11-12,22H2,1H3,(H,23,24)/t15-,19?/m1/s1. The number of benzene rings is 1. The molecule has 2 atom stereocenters. The van der Waals surface area contributed by atoms with Crippen LogP contribution in [-0.2, 0) is 27.2 Å². The van der Waals surface area contributed by atoms with E-state index in [0.29, 0.717) is 6.42 Å². The van der Waals surface area contributed by atoms with E-state index in [1.165, 1.54) is 10.4 Å². The summed E-state index contributed by atoms with van der Waals surface area (Å²) in [6.45, 7) is 1.83. The van der Waals surface area contributed by atoms with Gasteiger partial charge in [-0.3, -0.25) is 5.73 Å². The summed E-state index contributed by atoms with van der Waals surface area (Å²) in [5.74, 6) is 3.30. The highest BCUT2D eigenvalue weighted by molar-refractivity contribution is 7.12. The van der Waals surface area contributed by atoms with Gasteiger partial charge in [0.1, 0.15) is 0 Å². The van der Waals surface area contributed by atoms with Gasteiger partial charge in [-0.15, -0.1) is 11.3 Å². The van der Waals surface area contributed by atoms with Crippen molar-refractivity contribution in [2.45, 2.75) is 38.8 Å². The molecule has 0 bridgehead atoms. The lowest BCUT2D eigenvalue weighted by Gasteiger charge is -2.18. The highest BCUT2D eigenvalue weighted by Crippen LogP contribution is 2.20. The third-order valence-corrected chi connectivity index (χ3v) is 5.14. The Morgan fingerprint density at radius 2 is 1.93 bits per heavy atom. The molecule has 0 radical (unpaired) electrons. The van der Waals surface area contributed by atoms with Crippen LogP contribution in [0.2, 0.25) is 0 Å². The molecule has 2 rings (SSSR count). The Kier molecular flexibility index (Phi) is 8.05. The van der Waals surface area contributed by atoms with Gasteiger partial charge in [0.25, 0.3) is 0 Å². The maximum absolute atomic E-state index is 11.0. The average Bonchev–Trinajstić information content (AvgIpc) is 3.11. The summed E-state index contributed by atoms with van der Waals surface area (Å²) < 4.78 is 4.69. The van der Waals surface area contributed by atoms with Crippen LogP contribution in [0, 0.1) is 17.8 Å². The Balaban J connectivity index is 1.76. The number of carbonyl (C=O) groups is 2. The van der Waals surface area contributed by atoms with Gasteiger partial charge in [-0.05, 0) is 37.0 Å². The predicted octanol–water partition coefficient (Wildman–Crippen LogP) is 3.21. The zero-order valence-corrected chi connectivity index (χ0v) is 16.0. The first-order valence-electron chi connectivity index (χ1n) is 8.76. The van der Waals surface area contributed by atoms with E-state index in [9.17, 15) is 9.59 Å². The van der Waals surface area contributed by atoms with E-state index in [0.717, 1.165) is 24.1 Å². The molecule has 1 aromatic carbocycles. The molecule has 0 saturated heterocycles. The van der Waals surface area contributed by atoms with Crippen molar-refractivity contribution in [1.29, 1.82) is 0 Å². The molecule has 0 fully saturated rings. The fraction of sp³-hybridized carbons (Fsp3) is 0.333. The number of rotatable bonds is 7. The van der Waals surface area contributed by atoms with Gasteiger partial charge in [0, 0.05) is 17.2 Å². The SMILES string of the molecule is C[C@H](CCc1ccc(C#CCCc2ccccc2)s1)C(N)OC(=O)C(=O)O. The van der Waals surface area contributed by atoms with Gasteiger partial charge in [0.2, 0.25) is 0 Å². The average molecular weight is 385 g/mol. The van der Waals surface area contributed by atoms with Crippen LogP contribution in [0.5, 0.6) is 0 Å². The maximum atomic E-state index is 11.0. The Morgan fingerprint density at radius 1 is 1.19 bits per heavy atom. The molecule has 0 amide bonds. The van der Waals surface area contributed by atoms with Crippen LogP contribution in [-0.4, -0.2) is 23.3 Å². The molecule has 0 saturated carbocycles. The number of carboxylic acids is 1. The predicted molar refractivity (Wildman–Crippen MR) is 105 cm³/mol. The summed E-state index contributed by atoms with van der Waals surface area (Å²) in [6, 6.07) is 14.3. The smallest absolute Gasteiger partial charge is 0.418 e. The highest BCUT2D eigenvalue weighted by Gasteiger charge is 2.21. The molecule has 0 aliphatic heterocycles. The van der Waals surface area contributed by atoms with Gasteiger partial charge in [-0.25, -0.2) is 9.59 Å². The van der Waals surface area contributed by atoms with Crippen molar-refractivity contribution in [3.63, 3.8) is 0 Å². The number of esters is 1. The largest absolute Gasteiger partial charge is 0.473 e. The number of aliphatic carboxylic acids is 1. The highest BCUT2D eigenvalue weighted by atomic mass is 32.1. The van der Waals surface area contributed by atoms with Crippen molar-refractivity contribution in [3.05, 3.63) is 57.8 Å². The number of carbonyl (C=O) groups excluding carboxylic acids is 1. The number of nitrogens with two attached hydrogens (primary N) is 1. The minimum atomic E-state index is -1.63. The van der Waals surface area contributed by atoms with Crippen LogP contribution in [0.15, 0.2) is 42.5 Å². The molecule has 0 aliphatic rings. The van der Waals surface area contributed by atoms with Crippen LogP contribution in [0.1, 0.15) is 35.1 Å². The van der Waals surface area contributed by atoms with E-state index < -0.39 is 18.2 Å². The van der Waals surface area contributed by atoms with Crippen LogP contribution < -0.4 is 5.73 Å². The number of aryl methyl sites for hydroxylation is 2. The summed E-state index contributed by atoms with van der Waals surface area (Å²) in [5.41, 5.74) is 7.01. The molecule has 0 aliphatic carbocycles. The van der Waals surface area contributed by atoms with E-state index in [1.54, 1.807) is 11.3 Å². The Morgan fingerprint density at radius 3 is 2.63 bits per heavy atom. The normalized spacial score (nSPS) is 12.5. The molecule has 5 nitrogen and oxygen atoms in total. The zero-order valence-electron chi connectivity index (χ0n) is 15.2. The van der Waals surface area contributed by atoms with E-state index in [2.05, 4.69) is 28.7 Å². The molecular formula is C21H23NO4S. The number of thiophene rings is 1. The third kappa shape index (κ3) is 7.26. The number of ether oxygens (including phenoxy) is 1. The molecular weight excluding hydrogens is 362 g/mol. The zero-order chi connectivity index (χ0) is 19.6. The lowest BCUT2D eigenvalue weighted by atomic mass is 10.0. The lowest BCUT2D eigenvalue weighted by molar-refractivity contribution is -0.168. The van der Waals surface area contributed by atoms with Gasteiger partial charge in [0.05, 0.1) is 4.88 Å². The Hall–Kier alpha value is -2.62. The summed E-state index contributed by atoms with van der Waals surface area (Å²) in [6.07, 6.45) is 2.30. The second-order valence-electron chi connectivity index (χ2n) is 6.24. The minimum Gasteiger partial charge on any atom is -0.473 e. The number of hydrogen-bond acceptors (Lipinski definition) is 5. The van der Waals surface area contributed by atoms with Crippen molar-refractivity contribution in [2.24, 2.45) is 11.7 Å². The second kappa shape index (κ2) is 10.5. The Bertz CT molecular complexity index is 819. The van der Waals surface area contributed by atoms with Gasteiger partial charge in [-0.2, -0.15) is 0 Å². The molecule has 0 spiro atoms. The maximum Gasteiger partial charge on any atom is 0.418 e. The molecule has 1 aromatic heterocycles. The fourth-order valence-corrected chi connectivity index (χ4v) is 3.30. The second-order valence-corrected chi connectivity index (χ2v) is 7.41. The summed E-state index contributed by atoms with van der Waals surface area (Å²) >= 11 is 1.64. The molecule has 1 unspecified atom stereocenters. The van der Waals surface area contributed by atoms with E-state index >= 15 is 0 Å². The minimum absolute atomic E-state index is 0.143. The fourth-order valence-electron chi connectivity index (χ4n) is 2.40. The monoisotopic (exact) mass is 385 g/mol. The van der Waals surface area contributed by atoms with Crippen molar-refractivity contribution in [2.75, 3.05) is 0 Å². The summed E-state index contributed by atoms with van der Waals surface area (Å²) in [4.78, 5) is 23.7. The van der Waals surface area contributed by atoms with E-state index in [1.807, 2.05) is 37.3 Å². The van der Waals surface area contributed by atoms with Crippen LogP contribution >= 0.6 is 11.3 Å². The Labute approximate surface area is 163 Å². The topological polar surface area (TPSA) is 89.6 Å². The third-order valence-electron chi connectivity index (χ3n) is 4.08. The van der Waals surface area contributed by atoms with E-state index in [-0.39, 0.29) is 5.92 Å². The van der Waals surface area contributed by atoms with Crippen LogP contribution in [0.3, 0.4) is 0 Å². The van der Waals surface area contributed by atoms with Crippen LogP contribution in [0.4, 0.5) is 0 Å². The molecule has 6 heteroatoms. The van der Waals surface area contributed by atoms with Gasteiger partial charge < -0.3 is 9.84 Å².